The molecule has 3 nitrogen and oxygen atoms in total. The van der Waals surface area contributed by atoms with E-state index >= 15 is 0 Å². The van der Waals surface area contributed by atoms with Gasteiger partial charge in [0.25, 0.3) is 0 Å². The Morgan fingerprint density at radius 2 is 1.71 bits per heavy atom. The van der Waals surface area contributed by atoms with Gasteiger partial charge >= 0.3 is 0 Å². The van der Waals surface area contributed by atoms with Crippen molar-refractivity contribution < 1.29 is 14.0 Å². The van der Waals surface area contributed by atoms with Crippen LogP contribution in [0.25, 0.3) is 6.08 Å². The minimum atomic E-state index is -0.0262. The Morgan fingerprint density at radius 3 is 2.38 bits per heavy atom. The molecule has 0 saturated heterocycles. The van der Waals surface area contributed by atoms with Gasteiger partial charge in [0.15, 0.2) is 5.71 Å². The van der Waals surface area contributed by atoms with Gasteiger partial charge in [-0.3, -0.25) is 0 Å². The summed E-state index contributed by atoms with van der Waals surface area (Å²) >= 11 is 0. The first-order chi connectivity index (χ1) is 11.5. The first kappa shape index (κ1) is 16.3. The Labute approximate surface area is 143 Å². The molecule has 2 aromatic carbocycles. The highest BCUT2D eigenvalue weighted by Crippen LogP contribution is 2.39. The molecule has 1 aliphatic rings. The molecule has 3 heteroatoms. The van der Waals surface area contributed by atoms with Crippen molar-refractivity contribution in [3.8, 4) is 11.5 Å². The second-order valence-electron chi connectivity index (χ2n) is 6.53. The monoisotopic (exact) mass is 322 g/mol. The van der Waals surface area contributed by atoms with Gasteiger partial charge in [0, 0.05) is 29.3 Å². The van der Waals surface area contributed by atoms with Crippen LogP contribution in [0.15, 0.2) is 48.5 Å². The predicted octanol–water partition coefficient (Wildman–Crippen LogP) is 4.42. The number of fused-ring (bicyclic) bond motifs is 1. The zero-order valence-corrected chi connectivity index (χ0v) is 15.0. The van der Waals surface area contributed by atoms with Gasteiger partial charge < -0.3 is 9.47 Å². The molecule has 0 amide bonds. The van der Waals surface area contributed by atoms with Crippen molar-refractivity contribution in [2.75, 3.05) is 21.3 Å². The standard InChI is InChI=1S/C21H24NO2/c1-21(2)17-8-6-7-9-18(17)22(3)20(21)13-11-15-10-12-16(23-4)14-19(15)24-5/h6-14H,1-5H3/q+1. The third-order valence-electron chi connectivity index (χ3n) is 4.80. The summed E-state index contributed by atoms with van der Waals surface area (Å²) < 4.78 is 13.0. The lowest BCUT2D eigenvalue weighted by molar-refractivity contribution is -0.401. The van der Waals surface area contributed by atoms with Gasteiger partial charge in [0.05, 0.1) is 19.6 Å². The van der Waals surface area contributed by atoms with Crippen LogP contribution in [0.4, 0.5) is 5.69 Å². The van der Waals surface area contributed by atoms with Gasteiger partial charge in [-0.1, -0.05) is 18.2 Å². The Bertz CT molecular complexity index is 831. The van der Waals surface area contributed by atoms with E-state index in [1.807, 2.05) is 18.2 Å². The molecule has 3 rings (SSSR count). The SMILES string of the molecule is COc1ccc(C=CC2=[N+](C)c3ccccc3C2(C)C)c(OC)c1. The zero-order valence-electron chi connectivity index (χ0n) is 15.0. The third-order valence-corrected chi connectivity index (χ3v) is 4.80. The third kappa shape index (κ3) is 2.60. The lowest BCUT2D eigenvalue weighted by atomic mass is 9.81. The van der Waals surface area contributed by atoms with E-state index in [9.17, 15) is 0 Å². The van der Waals surface area contributed by atoms with Gasteiger partial charge in [0.2, 0.25) is 5.69 Å². The van der Waals surface area contributed by atoms with Gasteiger partial charge in [-0.05, 0) is 32.1 Å². The molecule has 2 aromatic rings. The van der Waals surface area contributed by atoms with Crippen molar-refractivity contribution >= 4 is 17.5 Å². The molecule has 1 aliphatic heterocycles. The summed E-state index contributed by atoms with van der Waals surface area (Å²) in [5, 5.41) is 0. The van der Waals surface area contributed by atoms with Crippen LogP contribution >= 0.6 is 0 Å². The van der Waals surface area contributed by atoms with E-state index in [0.29, 0.717) is 0 Å². The molecule has 0 atom stereocenters. The number of allylic oxidation sites excluding steroid dienone is 1. The van der Waals surface area contributed by atoms with Crippen molar-refractivity contribution in [2.24, 2.45) is 0 Å². The van der Waals surface area contributed by atoms with Crippen LogP contribution in [0.3, 0.4) is 0 Å². The van der Waals surface area contributed by atoms with E-state index in [1.54, 1.807) is 14.2 Å². The molecule has 0 N–H and O–H groups in total. The van der Waals surface area contributed by atoms with Crippen LogP contribution in [0, 0.1) is 0 Å². The van der Waals surface area contributed by atoms with Crippen LogP contribution in [-0.4, -0.2) is 31.6 Å². The Kier molecular flexibility index (Phi) is 4.18. The molecule has 0 aromatic heterocycles. The molecule has 0 radical (unpaired) electrons. The maximum absolute atomic E-state index is 5.49. The van der Waals surface area contributed by atoms with Crippen molar-refractivity contribution in [3.63, 3.8) is 0 Å². The highest BCUT2D eigenvalue weighted by Gasteiger charge is 2.42. The summed E-state index contributed by atoms with van der Waals surface area (Å²) in [7, 11) is 5.46. The molecule has 1 heterocycles. The predicted molar refractivity (Wildman–Crippen MR) is 98.9 cm³/mol. The molecular weight excluding hydrogens is 298 g/mol. The van der Waals surface area contributed by atoms with Crippen LogP contribution in [0.5, 0.6) is 11.5 Å². The van der Waals surface area contributed by atoms with Crippen LogP contribution in [-0.2, 0) is 5.41 Å². The van der Waals surface area contributed by atoms with Crippen molar-refractivity contribution in [1.82, 2.24) is 0 Å². The van der Waals surface area contributed by atoms with Crippen molar-refractivity contribution in [1.29, 1.82) is 0 Å². The number of benzene rings is 2. The summed E-state index contributed by atoms with van der Waals surface area (Å²) in [6.07, 6.45) is 4.29. The largest absolute Gasteiger partial charge is 0.497 e. The van der Waals surface area contributed by atoms with Gasteiger partial charge in [-0.15, -0.1) is 0 Å². The van der Waals surface area contributed by atoms with Crippen molar-refractivity contribution in [3.05, 3.63) is 59.7 Å². The second-order valence-corrected chi connectivity index (χ2v) is 6.53. The minimum absolute atomic E-state index is 0.0262. The number of ether oxygens (including phenoxy) is 2. The summed E-state index contributed by atoms with van der Waals surface area (Å²) in [4.78, 5) is 0. The highest BCUT2D eigenvalue weighted by atomic mass is 16.5. The topological polar surface area (TPSA) is 21.5 Å². The fourth-order valence-electron chi connectivity index (χ4n) is 3.43. The van der Waals surface area contributed by atoms with Gasteiger partial charge in [-0.25, -0.2) is 0 Å². The Hall–Kier alpha value is -2.55. The maximum atomic E-state index is 5.49. The van der Waals surface area contributed by atoms with Crippen molar-refractivity contribution in [2.45, 2.75) is 19.3 Å². The summed E-state index contributed by atoms with van der Waals surface area (Å²) in [6.45, 7) is 4.53. The fraction of sp³-hybridized carbons (Fsp3) is 0.286. The van der Waals surface area contributed by atoms with E-state index in [2.05, 4.69) is 61.9 Å². The lowest BCUT2D eigenvalue weighted by Gasteiger charge is -2.15. The van der Waals surface area contributed by atoms with E-state index in [4.69, 9.17) is 9.47 Å². The summed E-state index contributed by atoms with van der Waals surface area (Å²) in [5.74, 6) is 1.60. The van der Waals surface area contributed by atoms with Gasteiger partial charge in [0.1, 0.15) is 18.5 Å². The summed E-state index contributed by atoms with van der Waals surface area (Å²) in [5.41, 5.74) is 4.90. The average Bonchev–Trinajstić information content (AvgIpc) is 2.80. The Balaban J connectivity index is 2.00. The number of rotatable bonds is 4. The summed E-state index contributed by atoms with van der Waals surface area (Å²) in [6, 6.07) is 14.4. The molecule has 0 bridgehead atoms. The number of para-hydroxylation sites is 1. The molecule has 0 saturated carbocycles. The van der Waals surface area contributed by atoms with E-state index in [-0.39, 0.29) is 5.41 Å². The van der Waals surface area contributed by atoms with E-state index in [0.717, 1.165) is 17.1 Å². The number of hydrogen-bond acceptors (Lipinski definition) is 2. The molecule has 24 heavy (non-hydrogen) atoms. The second kappa shape index (κ2) is 6.16. The quantitative estimate of drug-likeness (QED) is 0.777. The first-order valence-corrected chi connectivity index (χ1v) is 8.10. The average molecular weight is 322 g/mol. The molecular formula is C21H24NO2+. The highest BCUT2D eigenvalue weighted by molar-refractivity contribution is 6.05. The number of hydrogen-bond donors (Lipinski definition) is 0. The zero-order chi connectivity index (χ0) is 17.3. The van der Waals surface area contributed by atoms with Crippen LogP contribution in [0.2, 0.25) is 0 Å². The molecule has 0 aliphatic carbocycles. The molecule has 0 spiro atoms. The molecule has 0 fully saturated rings. The normalized spacial score (nSPS) is 15.7. The van der Waals surface area contributed by atoms with Gasteiger partial charge in [-0.2, -0.15) is 4.58 Å². The molecule has 0 unspecified atom stereocenters. The number of methoxy groups -OCH3 is 2. The number of nitrogens with zero attached hydrogens (tertiary/aromatic N) is 1. The Morgan fingerprint density at radius 1 is 0.958 bits per heavy atom. The van der Waals surface area contributed by atoms with E-state index in [1.165, 1.54) is 17.0 Å². The first-order valence-electron chi connectivity index (χ1n) is 8.10. The lowest BCUT2D eigenvalue weighted by Crippen LogP contribution is -2.26. The maximum Gasteiger partial charge on any atom is 0.209 e. The van der Waals surface area contributed by atoms with Crippen LogP contribution in [0.1, 0.15) is 25.0 Å². The fourth-order valence-corrected chi connectivity index (χ4v) is 3.43. The smallest absolute Gasteiger partial charge is 0.209 e. The van der Waals surface area contributed by atoms with E-state index < -0.39 is 0 Å². The van der Waals surface area contributed by atoms with Crippen LogP contribution < -0.4 is 9.47 Å². The molecule has 124 valence electrons. The minimum Gasteiger partial charge on any atom is -0.497 e.